The maximum absolute atomic E-state index is 5.03. The molecule has 10 aromatic rings. The van der Waals surface area contributed by atoms with Gasteiger partial charge in [-0.2, -0.15) is 0 Å². The standard InChI is InChI=1S/C62H56N6S2Si/c1-3-5-7-17-35-71(36-18-8-6-4-2)59-41-57(45-27-23-43(24-28-45)47-37-53(49-19-9-13-31-63-49)67-54(38-47)50-20-10-14-32-64-50)69-61(59)62-60(71)42-58(70-62)46-29-25-44(26-30-46)48-39-55(51-21-11-15-33-65-51)68-56(40-48)52-22-12-16-34-66-52/h9-16,19-34,37-42H,3-8,17-18,35-36H2,1-2H3. The molecule has 0 radical (unpaired) electrons. The lowest BCUT2D eigenvalue weighted by Gasteiger charge is -2.29. The van der Waals surface area contributed by atoms with Crippen LogP contribution >= 0.6 is 22.7 Å². The third-order valence-electron chi connectivity index (χ3n) is 14.0. The summed E-state index contributed by atoms with van der Waals surface area (Å²) < 4.78 is 0. The van der Waals surface area contributed by atoms with E-state index in [2.05, 4.69) is 119 Å². The minimum absolute atomic E-state index is 0.836. The molecule has 350 valence electrons. The number of pyridine rings is 6. The van der Waals surface area contributed by atoms with E-state index in [1.807, 2.05) is 120 Å². The second-order valence-electron chi connectivity index (χ2n) is 18.7. The average molecular weight is 977 g/mol. The topological polar surface area (TPSA) is 77.3 Å². The molecule has 6 nitrogen and oxygen atoms in total. The van der Waals surface area contributed by atoms with Gasteiger partial charge in [0.2, 0.25) is 0 Å². The molecule has 0 spiro atoms. The van der Waals surface area contributed by atoms with Gasteiger partial charge in [-0.05, 0) is 141 Å². The molecule has 9 heterocycles. The van der Waals surface area contributed by atoms with Crippen molar-refractivity contribution in [2.45, 2.75) is 77.3 Å². The summed E-state index contributed by atoms with van der Waals surface area (Å²) in [6, 6.07) is 58.9. The van der Waals surface area contributed by atoms with Crippen LogP contribution in [0, 0.1) is 0 Å². The number of benzene rings is 2. The smallest absolute Gasteiger partial charge is 0.122 e. The third kappa shape index (κ3) is 9.74. The Morgan fingerprint density at radius 1 is 0.338 bits per heavy atom. The fraction of sp³-hybridized carbons (Fsp3) is 0.194. The molecule has 2 aromatic carbocycles. The van der Waals surface area contributed by atoms with E-state index in [4.69, 9.17) is 9.97 Å². The molecule has 0 N–H and O–H groups in total. The van der Waals surface area contributed by atoms with Gasteiger partial charge >= 0.3 is 0 Å². The van der Waals surface area contributed by atoms with Gasteiger partial charge < -0.3 is 0 Å². The number of hydrogen-bond acceptors (Lipinski definition) is 8. The zero-order chi connectivity index (χ0) is 48.0. The zero-order valence-electron chi connectivity index (χ0n) is 40.4. The Balaban J connectivity index is 0.952. The SMILES string of the molecule is CCCCCC[Si]1(CCCCCC)c2cc(-c3ccc(-c4cc(-c5ccccn5)nc(-c5ccccn5)c4)cc3)sc2-c2sc(-c3ccc(-c4cc(-c5ccccn5)nc(-c5ccccn5)c4)cc3)cc21. The van der Waals surface area contributed by atoms with Crippen LogP contribution in [0.15, 0.2) is 183 Å². The van der Waals surface area contributed by atoms with Crippen LogP contribution in [0.5, 0.6) is 0 Å². The van der Waals surface area contributed by atoms with Crippen LogP contribution in [-0.4, -0.2) is 38.0 Å². The first kappa shape index (κ1) is 46.3. The van der Waals surface area contributed by atoms with Crippen LogP contribution in [0.25, 0.3) is 98.4 Å². The largest absolute Gasteiger partial charge is 0.255 e. The molecule has 0 fully saturated rings. The summed E-state index contributed by atoms with van der Waals surface area (Å²) in [6.07, 6.45) is 17.6. The normalized spacial score (nSPS) is 12.5. The molecule has 1 aliphatic heterocycles. The molecule has 9 heteroatoms. The van der Waals surface area contributed by atoms with E-state index in [1.54, 1.807) is 10.4 Å². The lowest BCUT2D eigenvalue weighted by molar-refractivity contribution is 0.684. The molecule has 11 rings (SSSR count). The molecule has 0 amide bonds. The van der Waals surface area contributed by atoms with E-state index in [9.17, 15) is 0 Å². The fourth-order valence-corrected chi connectivity index (χ4v) is 19.7. The first-order valence-corrected chi connectivity index (χ1v) is 29.3. The van der Waals surface area contributed by atoms with Gasteiger partial charge in [0.25, 0.3) is 0 Å². The molecule has 0 unspecified atom stereocenters. The monoisotopic (exact) mass is 976 g/mol. The van der Waals surface area contributed by atoms with Gasteiger partial charge in [-0.15, -0.1) is 22.7 Å². The molecular weight excluding hydrogens is 921 g/mol. The van der Waals surface area contributed by atoms with E-state index in [0.717, 1.165) is 67.8 Å². The second kappa shape index (κ2) is 21.1. The lowest BCUT2D eigenvalue weighted by Crippen LogP contribution is -2.54. The minimum Gasteiger partial charge on any atom is -0.255 e. The number of rotatable bonds is 18. The Kier molecular flexibility index (Phi) is 13.8. The van der Waals surface area contributed by atoms with Gasteiger partial charge in [0.15, 0.2) is 0 Å². The summed E-state index contributed by atoms with van der Waals surface area (Å²) in [5, 5.41) is 3.38. The van der Waals surface area contributed by atoms with Crippen molar-refractivity contribution in [3.05, 3.63) is 183 Å². The van der Waals surface area contributed by atoms with Gasteiger partial charge in [-0.25, -0.2) is 9.97 Å². The van der Waals surface area contributed by atoms with Crippen molar-refractivity contribution < 1.29 is 0 Å². The van der Waals surface area contributed by atoms with Crippen molar-refractivity contribution in [3.8, 4) is 98.4 Å². The van der Waals surface area contributed by atoms with Crippen LogP contribution < -0.4 is 10.4 Å². The van der Waals surface area contributed by atoms with E-state index >= 15 is 0 Å². The molecular formula is C62H56N6S2Si. The molecule has 1 aliphatic rings. The van der Waals surface area contributed by atoms with Crippen molar-refractivity contribution in [1.29, 1.82) is 0 Å². The average Bonchev–Trinajstić information content (AvgIpc) is 4.15. The molecule has 0 bridgehead atoms. The number of unbranched alkanes of at least 4 members (excludes halogenated alkanes) is 6. The van der Waals surface area contributed by atoms with Crippen molar-refractivity contribution in [2.75, 3.05) is 0 Å². The van der Waals surface area contributed by atoms with Crippen LogP contribution in [-0.2, 0) is 0 Å². The summed E-state index contributed by atoms with van der Waals surface area (Å²) in [4.78, 5) is 34.5. The Bertz CT molecular complexity index is 3030. The molecule has 0 saturated carbocycles. The lowest BCUT2D eigenvalue weighted by atomic mass is 10.0. The number of aromatic nitrogens is 6. The minimum atomic E-state index is -2.10. The van der Waals surface area contributed by atoms with Crippen LogP contribution in [0.3, 0.4) is 0 Å². The van der Waals surface area contributed by atoms with E-state index in [-0.39, 0.29) is 0 Å². The maximum Gasteiger partial charge on any atom is 0.122 e. The molecule has 71 heavy (non-hydrogen) atoms. The summed E-state index contributed by atoms with van der Waals surface area (Å²) in [5.74, 6) is 0. The first-order chi connectivity index (χ1) is 35.1. The predicted molar refractivity (Wildman–Crippen MR) is 301 cm³/mol. The molecule has 8 aromatic heterocycles. The van der Waals surface area contributed by atoms with E-state index in [1.165, 1.54) is 94.1 Å². The third-order valence-corrected chi connectivity index (χ3v) is 22.1. The Hall–Kier alpha value is -7.04. The van der Waals surface area contributed by atoms with Crippen molar-refractivity contribution >= 4 is 41.1 Å². The summed E-state index contributed by atoms with van der Waals surface area (Å²) >= 11 is 4.04. The van der Waals surface area contributed by atoms with Crippen LogP contribution in [0.4, 0.5) is 0 Å². The van der Waals surface area contributed by atoms with Crippen molar-refractivity contribution in [1.82, 2.24) is 29.9 Å². The first-order valence-electron chi connectivity index (χ1n) is 25.3. The highest BCUT2D eigenvalue weighted by Gasteiger charge is 2.47. The highest BCUT2D eigenvalue weighted by Crippen LogP contribution is 2.48. The summed E-state index contributed by atoms with van der Waals surface area (Å²) in [6.45, 7) is 4.66. The Morgan fingerprint density at radius 3 is 0.986 bits per heavy atom. The fourth-order valence-electron chi connectivity index (χ4n) is 10.3. The van der Waals surface area contributed by atoms with E-state index in [0.29, 0.717) is 0 Å². The summed E-state index contributed by atoms with van der Waals surface area (Å²) in [7, 11) is -2.10. The van der Waals surface area contributed by atoms with Gasteiger partial charge in [-0.1, -0.05) is 138 Å². The van der Waals surface area contributed by atoms with Gasteiger partial charge in [0, 0.05) is 44.3 Å². The van der Waals surface area contributed by atoms with Gasteiger partial charge in [0.05, 0.1) is 45.6 Å². The highest BCUT2D eigenvalue weighted by molar-refractivity contribution is 7.31. The number of fused-ring (bicyclic) bond motifs is 3. The van der Waals surface area contributed by atoms with Crippen molar-refractivity contribution in [3.63, 3.8) is 0 Å². The van der Waals surface area contributed by atoms with Gasteiger partial charge in [0.1, 0.15) is 8.07 Å². The zero-order valence-corrected chi connectivity index (χ0v) is 43.0. The van der Waals surface area contributed by atoms with E-state index < -0.39 is 8.07 Å². The predicted octanol–water partition coefficient (Wildman–Crippen LogP) is 16.2. The Morgan fingerprint density at radius 2 is 0.676 bits per heavy atom. The molecule has 0 atom stereocenters. The number of nitrogens with zero attached hydrogens (tertiary/aromatic N) is 6. The Labute approximate surface area is 426 Å². The van der Waals surface area contributed by atoms with Crippen LogP contribution in [0.2, 0.25) is 12.1 Å². The molecule has 0 aliphatic carbocycles. The highest BCUT2D eigenvalue weighted by atomic mass is 32.1. The van der Waals surface area contributed by atoms with Gasteiger partial charge in [-0.3, -0.25) is 19.9 Å². The quantitative estimate of drug-likeness (QED) is 0.0630. The number of hydrogen-bond donors (Lipinski definition) is 0. The number of thiophene rings is 2. The van der Waals surface area contributed by atoms with Crippen molar-refractivity contribution in [2.24, 2.45) is 0 Å². The second-order valence-corrected chi connectivity index (χ2v) is 25.0. The molecule has 0 saturated heterocycles. The summed E-state index contributed by atoms with van der Waals surface area (Å²) in [5.41, 5.74) is 13.8. The van der Waals surface area contributed by atoms with Crippen LogP contribution in [0.1, 0.15) is 65.2 Å². The maximum atomic E-state index is 5.03.